The van der Waals surface area contributed by atoms with Crippen molar-refractivity contribution in [3.63, 3.8) is 0 Å². The maximum absolute atomic E-state index is 12.1. The van der Waals surface area contributed by atoms with Gasteiger partial charge in [-0.3, -0.25) is 4.79 Å². The number of hydrogen-bond donors (Lipinski definition) is 2. The third-order valence-corrected chi connectivity index (χ3v) is 5.34. The van der Waals surface area contributed by atoms with Crippen LogP contribution in [0.4, 0.5) is 0 Å². The van der Waals surface area contributed by atoms with Crippen LogP contribution in [0.15, 0.2) is 30.3 Å². The zero-order valence-corrected chi connectivity index (χ0v) is 16.2. The number of nitrogens with zero attached hydrogens (tertiary/aromatic N) is 1. The van der Waals surface area contributed by atoms with Gasteiger partial charge in [0.05, 0.1) is 19.3 Å². The minimum Gasteiger partial charge on any atom is -0.491 e. The average Bonchev–Trinajstić information content (AvgIpc) is 3.25. The first-order valence-corrected chi connectivity index (χ1v) is 10.3. The average molecular weight is 376 g/mol. The zero-order valence-electron chi connectivity index (χ0n) is 16.2. The predicted octanol–water partition coefficient (Wildman–Crippen LogP) is 1.66. The minimum atomic E-state index is 0.0243. The number of amides is 1. The molecule has 2 aliphatic heterocycles. The van der Waals surface area contributed by atoms with Gasteiger partial charge in [-0.1, -0.05) is 18.2 Å². The van der Waals surface area contributed by atoms with Crippen LogP contribution in [0.2, 0.25) is 0 Å². The van der Waals surface area contributed by atoms with Gasteiger partial charge in [-0.25, -0.2) is 0 Å². The van der Waals surface area contributed by atoms with Crippen molar-refractivity contribution in [3.05, 3.63) is 30.3 Å². The van der Waals surface area contributed by atoms with Gasteiger partial charge >= 0.3 is 0 Å². The van der Waals surface area contributed by atoms with E-state index in [1.807, 2.05) is 30.3 Å². The van der Waals surface area contributed by atoms with Gasteiger partial charge in [0.15, 0.2) is 0 Å². The standard InChI is InChI=1S/C21H33N3O3/c25-21(20-9-4-10-22-20)23-16-18-6-5-11-24(17-18)12-13-26-14-15-27-19-7-2-1-3-8-19/h1-3,7-8,18,20,22H,4-6,9-17H2,(H,23,25). The van der Waals surface area contributed by atoms with E-state index in [1.165, 1.54) is 12.8 Å². The van der Waals surface area contributed by atoms with Crippen molar-refractivity contribution in [1.82, 2.24) is 15.5 Å². The molecule has 1 aromatic rings. The number of ether oxygens (including phenoxy) is 2. The van der Waals surface area contributed by atoms with Gasteiger partial charge in [0, 0.05) is 19.6 Å². The lowest BCUT2D eigenvalue weighted by Crippen LogP contribution is -2.46. The van der Waals surface area contributed by atoms with Gasteiger partial charge in [0.1, 0.15) is 12.4 Å². The van der Waals surface area contributed by atoms with Crippen LogP contribution in [-0.2, 0) is 9.53 Å². The smallest absolute Gasteiger partial charge is 0.237 e. The van der Waals surface area contributed by atoms with E-state index in [0.29, 0.717) is 19.1 Å². The molecule has 6 heteroatoms. The summed E-state index contributed by atoms with van der Waals surface area (Å²) in [4.78, 5) is 14.6. The monoisotopic (exact) mass is 375 g/mol. The molecule has 27 heavy (non-hydrogen) atoms. The highest BCUT2D eigenvalue weighted by molar-refractivity contribution is 5.81. The van der Waals surface area contributed by atoms with E-state index in [1.54, 1.807) is 0 Å². The Balaban J connectivity index is 1.23. The van der Waals surface area contributed by atoms with E-state index in [9.17, 15) is 4.79 Å². The van der Waals surface area contributed by atoms with Crippen molar-refractivity contribution in [2.75, 3.05) is 52.5 Å². The molecule has 0 bridgehead atoms. The number of hydrogen-bond acceptors (Lipinski definition) is 5. The lowest BCUT2D eigenvalue weighted by atomic mass is 9.98. The summed E-state index contributed by atoms with van der Waals surface area (Å²) in [6, 6.07) is 9.85. The molecule has 2 heterocycles. The van der Waals surface area contributed by atoms with Gasteiger partial charge in [-0.05, 0) is 56.8 Å². The number of carbonyl (C=O) groups excluding carboxylic acids is 1. The highest BCUT2D eigenvalue weighted by Gasteiger charge is 2.24. The van der Waals surface area contributed by atoms with Crippen LogP contribution in [0.3, 0.4) is 0 Å². The summed E-state index contributed by atoms with van der Waals surface area (Å²) in [5.41, 5.74) is 0. The molecule has 0 saturated carbocycles. The number of likely N-dealkylation sites (tertiary alicyclic amines) is 1. The molecule has 2 saturated heterocycles. The second-order valence-electron chi connectivity index (χ2n) is 7.48. The molecular formula is C21H33N3O3. The number of carbonyl (C=O) groups is 1. The lowest BCUT2D eigenvalue weighted by molar-refractivity contribution is -0.123. The summed E-state index contributed by atoms with van der Waals surface area (Å²) >= 11 is 0. The number of rotatable bonds is 10. The first kappa shape index (κ1) is 20.1. The fourth-order valence-corrected chi connectivity index (χ4v) is 3.83. The summed E-state index contributed by atoms with van der Waals surface area (Å²) in [5, 5.41) is 6.40. The molecule has 3 rings (SSSR count). The van der Waals surface area contributed by atoms with Crippen LogP contribution in [0, 0.1) is 5.92 Å². The van der Waals surface area contributed by atoms with Crippen LogP contribution in [-0.4, -0.2) is 69.4 Å². The van der Waals surface area contributed by atoms with E-state index in [-0.39, 0.29) is 11.9 Å². The molecule has 0 spiro atoms. The predicted molar refractivity (Wildman–Crippen MR) is 106 cm³/mol. The Kier molecular flexibility index (Phi) is 8.39. The van der Waals surface area contributed by atoms with Gasteiger partial charge < -0.3 is 25.0 Å². The lowest BCUT2D eigenvalue weighted by Gasteiger charge is -2.32. The summed E-state index contributed by atoms with van der Waals surface area (Å²) in [6.45, 7) is 6.78. The largest absolute Gasteiger partial charge is 0.491 e. The third-order valence-electron chi connectivity index (χ3n) is 5.34. The summed E-state index contributed by atoms with van der Waals surface area (Å²) in [5.74, 6) is 1.60. The second-order valence-corrected chi connectivity index (χ2v) is 7.48. The van der Waals surface area contributed by atoms with Gasteiger partial charge in [-0.15, -0.1) is 0 Å². The highest BCUT2D eigenvalue weighted by Crippen LogP contribution is 2.16. The first-order chi connectivity index (χ1) is 13.3. The molecule has 1 aromatic carbocycles. The third kappa shape index (κ3) is 7.13. The van der Waals surface area contributed by atoms with Crippen molar-refractivity contribution < 1.29 is 14.3 Å². The maximum atomic E-state index is 12.1. The van der Waals surface area contributed by atoms with Gasteiger partial charge in [-0.2, -0.15) is 0 Å². The fraction of sp³-hybridized carbons (Fsp3) is 0.667. The fourth-order valence-electron chi connectivity index (χ4n) is 3.83. The SMILES string of the molecule is O=C(NCC1CCCN(CCOCCOc2ccccc2)C1)C1CCCN1. The van der Waals surface area contributed by atoms with Crippen LogP contribution in [0.25, 0.3) is 0 Å². The summed E-state index contributed by atoms with van der Waals surface area (Å²) in [7, 11) is 0. The molecule has 150 valence electrons. The number of piperidine rings is 1. The Morgan fingerprint density at radius 3 is 2.85 bits per heavy atom. The second kappa shape index (κ2) is 11.3. The van der Waals surface area contributed by atoms with Crippen LogP contribution in [0.1, 0.15) is 25.7 Å². The van der Waals surface area contributed by atoms with Crippen molar-refractivity contribution in [2.24, 2.45) is 5.92 Å². The molecule has 2 fully saturated rings. The molecule has 2 aliphatic rings. The van der Waals surface area contributed by atoms with E-state index >= 15 is 0 Å². The maximum Gasteiger partial charge on any atom is 0.237 e. The molecule has 6 nitrogen and oxygen atoms in total. The van der Waals surface area contributed by atoms with Crippen molar-refractivity contribution in [1.29, 1.82) is 0 Å². The zero-order chi connectivity index (χ0) is 18.7. The number of nitrogens with one attached hydrogen (secondary N) is 2. The topological polar surface area (TPSA) is 62.8 Å². The van der Waals surface area contributed by atoms with Gasteiger partial charge in [0.2, 0.25) is 5.91 Å². The van der Waals surface area contributed by atoms with E-state index in [2.05, 4.69) is 15.5 Å². The Morgan fingerprint density at radius 2 is 2.04 bits per heavy atom. The number of benzene rings is 1. The molecular weight excluding hydrogens is 342 g/mol. The summed E-state index contributed by atoms with van der Waals surface area (Å²) < 4.78 is 11.3. The molecule has 1 amide bonds. The Labute approximate surface area is 162 Å². The molecule has 2 N–H and O–H groups in total. The van der Waals surface area contributed by atoms with Crippen LogP contribution < -0.4 is 15.4 Å². The van der Waals surface area contributed by atoms with E-state index < -0.39 is 0 Å². The summed E-state index contributed by atoms with van der Waals surface area (Å²) in [6.07, 6.45) is 4.46. The van der Waals surface area contributed by atoms with Crippen LogP contribution >= 0.6 is 0 Å². The highest BCUT2D eigenvalue weighted by atomic mass is 16.5. The number of para-hydroxylation sites is 1. The van der Waals surface area contributed by atoms with Crippen molar-refractivity contribution in [3.8, 4) is 5.75 Å². The van der Waals surface area contributed by atoms with E-state index in [4.69, 9.17) is 9.47 Å². The van der Waals surface area contributed by atoms with Crippen LogP contribution in [0.5, 0.6) is 5.75 Å². The quantitative estimate of drug-likeness (QED) is 0.609. The molecule has 0 radical (unpaired) electrons. The molecule has 0 aromatic heterocycles. The Bertz CT molecular complexity index is 549. The molecule has 2 unspecified atom stereocenters. The Hall–Kier alpha value is -1.63. The molecule has 0 aliphatic carbocycles. The van der Waals surface area contributed by atoms with E-state index in [0.717, 1.165) is 57.9 Å². The van der Waals surface area contributed by atoms with Gasteiger partial charge in [0.25, 0.3) is 0 Å². The first-order valence-electron chi connectivity index (χ1n) is 10.3. The Morgan fingerprint density at radius 1 is 1.15 bits per heavy atom. The van der Waals surface area contributed by atoms with Crippen molar-refractivity contribution in [2.45, 2.75) is 31.7 Å². The minimum absolute atomic E-state index is 0.0243. The van der Waals surface area contributed by atoms with Crippen molar-refractivity contribution >= 4 is 5.91 Å². The normalized spacial score (nSPS) is 23.3. The molecule has 2 atom stereocenters.